The predicted octanol–water partition coefficient (Wildman–Crippen LogP) is 6.42. The Kier molecular flexibility index (Phi) is 8.21. The summed E-state index contributed by atoms with van der Waals surface area (Å²) in [6, 6.07) is 22.6. The summed E-state index contributed by atoms with van der Waals surface area (Å²) in [5.41, 5.74) is 4.87. The number of carbonyl (C=O) groups excluding carboxylic acids is 2. The second-order valence-corrected chi connectivity index (χ2v) is 9.74. The lowest BCUT2D eigenvalue weighted by Gasteiger charge is -2.25. The normalized spacial score (nSPS) is 10.9. The summed E-state index contributed by atoms with van der Waals surface area (Å²) in [5.74, 6) is -0.167. The van der Waals surface area contributed by atoms with Crippen molar-refractivity contribution in [3.05, 3.63) is 95.8 Å². The highest BCUT2D eigenvalue weighted by Gasteiger charge is 2.21. The van der Waals surface area contributed by atoms with Crippen LogP contribution in [-0.2, 0) is 4.79 Å². The van der Waals surface area contributed by atoms with Crippen LogP contribution >= 0.6 is 0 Å². The van der Waals surface area contributed by atoms with Crippen molar-refractivity contribution in [1.82, 2.24) is 14.7 Å². The first-order chi connectivity index (χ1) is 18.2. The molecule has 0 aliphatic heterocycles. The Balaban J connectivity index is 1.57. The lowest BCUT2D eigenvalue weighted by molar-refractivity contribution is -0.116. The second-order valence-electron chi connectivity index (χ2n) is 9.74. The number of benzene rings is 3. The van der Waals surface area contributed by atoms with Gasteiger partial charge in [0, 0.05) is 23.9 Å². The molecule has 3 amide bonds. The minimum Gasteiger partial charge on any atom is -0.315 e. The number of nitrogens with one attached hydrogen (secondary N) is 2. The van der Waals surface area contributed by atoms with E-state index in [1.807, 2.05) is 76.2 Å². The summed E-state index contributed by atoms with van der Waals surface area (Å²) in [7, 11) is 0. The SMILES string of the molecule is Cc1ccc(NC(=O)N(CC(=O)Nc2cc(-c3ccccc3)nn2-c2ccc(F)cc2)CC(C)C)c(C)c1. The number of hydrogen-bond donors (Lipinski definition) is 2. The average molecular weight is 514 g/mol. The first kappa shape index (κ1) is 26.6. The van der Waals surface area contributed by atoms with Gasteiger partial charge in [0.15, 0.2) is 0 Å². The molecule has 196 valence electrons. The number of rotatable bonds is 8. The maximum atomic E-state index is 13.6. The van der Waals surface area contributed by atoms with Crippen LogP contribution in [0.5, 0.6) is 0 Å². The van der Waals surface area contributed by atoms with Crippen molar-refractivity contribution < 1.29 is 14.0 Å². The predicted molar refractivity (Wildman–Crippen MR) is 149 cm³/mol. The van der Waals surface area contributed by atoms with Crippen molar-refractivity contribution in [3.8, 4) is 16.9 Å². The number of hydrogen-bond acceptors (Lipinski definition) is 3. The molecule has 0 spiro atoms. The van der Waals surface area contributed by atoms with Gasteiger partial charge < -0.3 is 15.5 Å². The molecule has 7 nitrogen and oxygen atoms in total. The molecule has 0 saturated carbocycles. The van der Waals surface area contributed by atoms with Crippen LogP contribution in [0.1, 0.15) is 25.0 Å². The van der Waals surface area contributed by atoms with Gasteiger partial charge in [-0.3, -0.25) is 4.79 Å². The molecule has 0 aliphatic carbocycles. The van der Waals surface area contributed by atoms with Crippen molar-refractivity contribution >= 4 is 23.4 Å². The number of halogens is 1. The molecule has 8 heteroatoms. The highest BCUT2D eigenvalue weighted by atomic mass is 19.1. The van der Waals surface area contributed by atoms with Gasteiger partial charge in [0.1, 0.15) is 18.2 Å². The lowest BCUT2D eigenvalue weighted by atomic mass is 10.1. The molecule has 0 unspecified atom stereocenters. The number of aromatic nitrogens is 2. The molecule has 3 aromatic carbocycles. The summed E-state index contributed by atoms with van der Waals surface area (Å²) in [5, 5.41) is 10.5. The highest BCUT2D eigenvalue weighted by Crippen LogP contribution is 2.25. The van der Waals surface area contributed by atoms with E-state index in [1.54, 1.807) is 22.9 Å². The van der Waals surface area contributed by atoms with Crippen LogP contribution in [0.2, 0.25) is 0 Å². The molecule has 2 N–H and O–H groups in total. The summed E-state index contributed by atoms with van der Waals surface area (Å²) in [6.07, 6.45) is 0. The maximum absolute atomic E-state index is 13.6. The summed E-state index contributed by atoms with van der Waals surface area (Å²) >= 11 is 0. The molecule has 0 fully saturated rings. The second kappa shape index (κ2) is 11.7. The van der Waals surface area contributed by atoms with Gasteiger partial charge in [-0.15, -0.1) is 0 Å². The van der Waals surface area contributed by atoms with Gasteiger partial charge in [-0.25, -0.2) is 13.9 Å². The number of anilines is 2. The fraction of sp³-hybridized carbons (Fsp3) is 0.233. The molecule has 0 aliphatic rings. The van der Waals surface area contributed by atoms with E-state index in [2.05, 4.69) is 15.7 Å². The first-order valence-electron chi connectivity index (χ1n) is 12.5. The average Bonchev–Trinajstić information content (AvgIpc) is 3.29. The standard InChI is InChI=1S/C30H32FN5O2/c1-20(2)18-35(30(38)32-26-15-10-21(3)16-22(26)4)19-29(37)33-28-17-27(23-8-6-5-7-9-23)34-36(28)25-13-11-24(31)12-14-25/h5-17,20H,18-19H2,1-4H3,(H,32,38)(H,33,37). The molecule has 4 rings (SSSR count). The zero-order chi connectivity index (χ0) is 27.2. The zero-order valence-electron chi connectivity index (χ0n) is 22.0. The smallest absolute Gasteiger partial charge is 0.315 e. The minimum absolute atomic E-state index is 0.149. The van der Waals surface area contributed by atoms with Crippen LogP contribution < -0.4 is 10.6 Å². The van der Waals surface area contributed by atoms with Crippen molar-refractivity contribution in [2.45, 2.75) is 27.7 Å². The fourth-order valence-electron chi connectivity index (χ4n) is 4.16. The molecular weight excluding hydrogens is 481 g/mol. The van der Waals surface area contributed by atoms with Crippen LogP contribution in [0.4, 0.5) is 20.7 Å². The molecule has 0 saturated heterocycles. The van der Waals surface area contributed by atoms with Crippen molar-refractivity contribution in [1.29, 1.82) is 0 Å². The molecule has 0 radical (unpaired) electrons. The number of nitrogens with zero attached hydrogens (tertiary/aromatic N) is 3. The lowest BCUT2D eigenvalue weighted by Crippen LogP contribution is -2.42. The number of urea groups is 1. The van der Waals surface area contributed by atoms with E-state index in [-0.39, 0.29) is 30.2 Å². The largest absolute Gasteiger partial charge is 0.322 e. The zero-order valence-corrected chi connectivity index (χ0v) is 22.0. The van der Waals surface area contributed by atoms with Crippen LogP contribution in [-0.4, -0.2) is 39.7 Å². The van der Waals surface area contributed by atoms with E-state index >= 15 is 0 Å². The van der Waals surface area contributed by atoms with Crippen molar-refractivity contribution in [3.63, 3.8) is 0 Å². The molecule has 0 atom stereocenters. The van der Waals surface area contributed by atoms with Crippen molar-refractivity contribution in [2.75, 3.05) is 23.7 Å². The monoisotopic (exact) mass is 513 g/mol. The summed E-state index contributed by atoms with van der Waals surface area (Å²) < 4.78 is 15.1. The van der Waals surface area contributed by atoms with E-state index in [4.69, 9.17) is 0 Å². The first-order valence-corrected chi connectivity index (χ1v) is 12.5. The maximum Gasteiger partial charge on any atom is 0.322 e. The Hall–Kier alpha value is -4.46. The molecule has 38 heavy (non-hydrogen) atoms. The quantitative estimate of drug-likeness (QED) is 0.285. The molecular formula is C30H32FN5O2. The topological polar surface area (TPSA) is 79.3 Å². The Morgan fingerprint density at radius 1 is 0.947 bits per heavy atom. The van der Waals surface area contributed by atoms with Gasteiger partial charge in [-0.1, -0.05) is 61.9 Å². The minimum atomic E-state index is -0.371. The van der Waals surface area contributed by atoms with E-state index in [1.165, 1.54) is 17.0 Å². The van der Waals surface area contributed by atoms with Crippen molar-refractivity contribution in [2.24, 2.45) is 5.92 Å². The fourth-order valence-corrected chi connectivity index (χ4v) is 4.16. The Morgan fingerprint density at radius 3 is 2.32 bits per heavy atom. The van der Waals surface area contributed by atoms with Gasteiger partial charge >= 0.3 is 6.03 Å². The van der Waals surface area contributed by atoms with Gasteiger partial charge in [0.05, 0.1) is 11.4 Å². The third-order valence-electron chi connectivity index (χ3n) is 5.95. The van der Waals surface area contributed by atoms with Crippen LogP contribution in [0.25, 0.3) is 16.9 Å². The Labute approximate surface area is 222 Å². The van der Waals surface area contributed by atoms with E-state index in [0.717, 1.165) is 16.7 Å². The molecule has 0 bridgehead atoms. The third kappa shape index (κ3) is 6.64. The molecule has 4 aromatic rings. The van der Waals surface area contributed by atoms with E-state index < -0.39 is 0 Å². The van der Waals surface area contributed by atoms with Crippen LogP contribution in [0, 0.1) is 25.6 Å². The van der Waals surface area contributed by atoms with Gasteiger partial charge in [0.25, 0.3) is 0 Å². The van der Waals surface area contributed by atoms with Crippen LogP contribution in [0.15, 0.2) is 78.9 Å². The van der Waals surface area contributed by atoms with Gasteiger partial charge in [-0.2, -0.15) is 5.10 Å². The number of amides is 3. The van der Waals surface area contributed by atoms with E-state index in [0.29, 0.717) is 29.4 Å². The summed E-state index contributed by atoms with van der Waals surface area (Å²) in [4.78, 5) is 27.9. The Morgan fingerprint density at radius 2 is 1.66 bits per heavy atom. The van der Waals surface area contributed by atoms with Gasteiger partial charge in [-0.05, 0) is 55.7 Å². The Bertz CT molecular complexity index is 1410. The van der Waals surface area contributed by atoms with E-state index in [9.17, 15) is 14.0 Å². The number of aryl methyl sites for hydroxylation is 2. The van der Waals surface area contributed by atoms with Crippen LogP contribution in [0.3, 0.4) is 0 Å². The summed E-state index contributed by atoms with van der Waals surface area (Å²) in [6.45, 7) is 8.16. The molecule has 1 aromatic heterocycles. The molecule has 1 heterocycles. The highest BCUT2D eigenvalue weighted by molar-refractivity contribution is 5.97. The third-order valence-corrected chi connectivity index (χ3v) is 5.95. The van der Waals surface area contributed by atoms with Gasteiger partial charge in [0.2, 0.25) is 5.91 Å². The number of carbonyl (C=O) groups is 2.